The number of para-hydroxylation sites is 1. The van der Waals surface area contributed by atoms with Crippen LogP contribution in [0, 0.1) is 0 Å². The number of hydrogen-bond donors (Lipinski definition) is 1. The molecule has 168 valence electrons. The summed E-state index contributed by atoms with van der Waals surface area (Å²) in [6, 6.07) is 15.5. The lowest BCUT2D eigenvalue weighted by molar-refractivity contribution is -0.121. The molecule has 3 aromatic heterocycles. The molecule has 1 aliphatic rings. The molecule has 0 bridgehead atoms. The summed E-state index contributed by atoms with van der Waals surface area (Å²) in [7, 11) is 0. The van der Waals surface area contributed by atoms with Gasteiger partial charge in [0.1, 0.15) is 5.69 Å². The van der Waals surface area contributed by atoms with E-state index < -0.39 is 0 Å². The van der Waals surface area contributed by atoms with Gasteiger partial charge in [0.15, 0.2) is 5.76 Å². The van der Waals surface area contributed by atoms with Gasteiger partial charge in [-0.2, -0.15) is 5.10 Å². The number of nitrogens with zero attached hydrogens (tertiary/aromatic N) is 6. The van der Waals surface area contributed by atoms with Crippen molar-refractivity contribution >= 4 is 11.9 Å². The van der Waals surface area contributed by atoms with Crippen LogP contribution in [0.15, 0.2) is 77.8 Å². The highest BCUT2D eigenvalue weighted by atomic mass is 16.3. The van der Waals surface area contributed by atoms with Crippen LogP contribution in [0.4, 0.5) is 5.95 Å². The number of piperazine rings is 1. The van der Waals surface area contributed by atoms with Crippen molar-refractivity contribution in [3.05, 3.63) is 78.9 Å². The number of hydrogen-bond acceptors (Lipinski definition) is 7. The van der Waals surface area contributed by atoms with Gasteiger partial charge in [-0.05, 0) is 30.3 Å². The van der Waals surface area contributed by atoms with Crippen LogP contribution < -0.4 is 10.2 Å². The van der Waals surface area contributed by atoms with Crippen molar-refractivity contribution in [3.63, 3.8) is 0 Å². The number of nitrogens with one attached hydrogen (secondary N) is 1. The van der Waals surface area contributed by atoms with Gasteiger partial charge in [0.25, 0.3) is 0 Å². The summed E-state index contributed by atoms with van der Waals surface area (Å²) < 4.78 is 7.46. The molecule has 0 spiro atoms. The first-order valence-corrected chi connectivity index (χ1v) is 10.9. The molecule has 0 atom stereocenters. The highest BCUT2D eigenvalue weighted by Gasteiger charge is 2.19. The fraction of sp³-hybridized carbons (Fsp3) is 0.250. The molecule has 0 saturated carbocycles. The molecule has 1 saturated heterocycles. The first-order chi connectivity index (χ1) is 16.2. The van der Waals surface area contributed by atoms with E-state index >= 15 is 0 Å². The Morgan fingerprint density at radius 2 is 1.79 bits per heavy atom. The van der Waals surface area contributed by atoms with Gasteiger partial charge in [-0.15, -0.1) is 0 Å². The van der Waals surface area contributed by atoms with Gasteiger partial charge in [-0.1, -0.05) is 18.2 Å². The van der Waals surface area contributed by atoms with E-state index in [9.17, 15) is 4.79 Å². The van der Waals surface area contributed by atoms with Gasteiger partial charge < -0.3 is 14.6 Å². The first kappa shape index (κ1) is 20.9. The standard InChI is InChI=1S/C24H25N7O2/c32-23(27-18-29-11-13-30(14-12-29)24-25-8-4-9-26-24)16-19-15-22(33-17-19)21-7-10-31(28-21)20-5-2-1-3-6-20/h1-10,15,17H,11-14,16,18H2,(H,27,32). The third-order valence-electron chi connectivity index (χ3n) is 5.59. The summed E-state index contributed by atoms with van der Waals surface area (Å²) in [6.45, 7) is 3.88. The Bertz CT molecular complexity index is 1180. The van der Waals surface area contributed by atoms with Crippen LogP contribution in [0.2, 0.25) is 0 Å². The number of amides is 1. The van der Waals surface area contributed by atoms with Gasteiger partial charge in [-0.25, -0.2) is 14.6 Å². The van der Waals surface area contributed by atoms with Crippen LogP contribution in [0.1, 0.15) is 5.56 Å². The maximum atomic E-state index is 12.4. The molecule has 0 radical (unpaired) electrons. The molecule has 1 fully saturated rings. The number of benzene rings is 1. The van der Waals surface area contributed by atoms with E-state index in [-0.39, 0.29) is 12.3 Å². The van der Waals surface area contributed by atoms with Gasteiger partial charge >= 0.3 is 0 Å². The zero-order valence-electron chi connectivity index (χ0n) is 18.2. The van der Waals surface area contributed by atoms with Crippen LogP contribution in [0.25, 0.3) is 17.1 Å². The molecule has 9 nitrogen and oxygen atoms in total. The van der Waals surface area contributed by atoms with E-state index in [0.717, 1.165) is 49.1 Å². The van der Waals surface area contributed by atoms with E-state index in [4.69, 9.17) is 4.42 Å². The number of rotatable bonds is 7. The predicted molar refractivity (Wildman–Crippen MR) is 124 cm³/mol. The van der Waals surface area contributed by atoms with Crippen molar-refractivity contribution in [2.24, 2.45) is 0 Å². The average molecular weight is 444 g/mol. The van der Waals surface area contributed by atoms with Gasteiger partial charge in [0.2, 0.25) is 11.9 Å². The quantitative estimate of drug-likeness (QED) is 0.469. The molecule has 0 aliphatic carbocycles. The number of carbonyl (C=O) groups is 1. The molecular weight excluding hydrogens is 418 g/mol. The monoisotopic (exact) mass is 443 g/mol. The highest BCUT2D eigenvalue weighted by molar-refractivity contribution is 5.78. The largest absolute Gasteiger partial charge is 0.462 e. The minimum absolute atomic E-state index is 0.0361. The summed E-state index contributed by atoms with van der Waals surface area (Å²) >= 11 is 0. The van der Waals surface area contributed by atoms with Crippen LogP contribution in [-0.2, 0) is 11.2 Å². The SMILES string of the molecule is O=C(Cc1coc(-c2ccn(-c3ccccc3)n2)c1)NCN1CCN(c2ncccn2)CC1. The molecule has 9 heteroatoms. The van der Waals surface area contributed by atoms with E-state index in [2.05, 4.69) is 30.2 Å². The lowest BCUT2D eigenvalue weighted by Gasteiger charge is -2.34. The van der Waals surface area contributed by atoms with Crippen LogP contribution in [-0.4, -0.2) is 63.4 Å². The predicted octanol–water partition coefficient (Wildman–Crippen LogP) is 2.36. The first-order valence-electron chi connectivity index (χ1n) is 10.9. The Hall–Kier alpha value is -3.98. The van der Waals surface area contributed by atoms with Crippen LogP contribution in [0.3, 0.4) is 0 Å². The lowest BCUT2D eigenvalue weighted by atomic mass is 10.2. The molecular formula is C24H25N7O2. The molecule has 1 N–H and O–H groups in total. The lowest BCUT2D eigenvalue weighted by Crippen LogP contribution is -2.50. The smallest absolute Gasteiger partial charge is 0.225 e. The Kier molecular flexibility index (Phi) is 6.12. The Labute approximate surface area is 191 Å². The second-order valence-corrected chi connectivity index (χ2v) is 7.89. The van der Waals surface area contributed by atoms with Crippen LogP contribution >= 0.6 is 0 Å². The second-order valence-electron chi connectivity index (χ2n) is 7.89. The summed E-state index contributed by atoms with van der Waals surface area (Å²) in [6.07, 6.45) is 7.29. The molecule has 1 aromatic carbocycles. The fourth-order valence-corrected chi connectivity index (χ4v) is 3.79. The molecule has 0 unspecified atom stereocenters. The van der Waals surface area contributed by atoms with Crippen molar-refractivity contribution in [2.45, 2.75) is 6.42 Å². The fourth-order valence-electron chi connectivity index (χ4n) is 3.79. The van der Waals surface area contributed by atoms with Crippen molar-refractivity contribution in [1.29, 1.82) is 0 Å². The molecule has 1 aliphatic heterocycles. The van der Waals surface area contributed by atoms with E-state index in [0.29, 0.717) is 12.4 Å². The Morgan fingerprint density at radius 3 is 2.58 bits per heavy atom. The van der Waals surface area contributed by atoms with Gasteiger partial charge in [0, 0.05) is 50.3 Å². The Morgan fingerprint density at radius 1 is 1.00 bits per heavy atom. The minimum Gasteiger partial charge on any atom is -0.462 e. The van der Waals surface area contributed by atoms with Gasteiger partial charge in [-0.3, -0.25) is 9.69 Å². The normalized spacial score (nSPS) is 14.4. The average Bonchev–Trinajstić information content (AvgIpc) is 3.54. The third kappa shape index (κ3) is 5.09. The third-order valence-corrected chi connectivity index (χ3v) is 5.59. The van der Waals surface area contributed by atoms with E-state index in [1.807, 2.05) is 54.7 Å². The minimum atomic E-state index is -0.0361. The van der Waals surface area contributed by atoms with Crippen molar-refractivity contribution in [3.8, 4) is 17.1 Å². The van der Waals surface area contributed by atoms with Gasteiger partial charge in [0.05, 0.1) is 25.0 Å². The number of carbonyl (C=O) groups excluding carboxylic acids is 1. The van der Waals surface area contributed by atoms with Crippen molar-refractivity contribution in [1.82, 2.24) is 30.0 Å². The summed E-state index contributed by atoms with van der Waals surface area (Å²) in [4.78, 5) is 25.4. The summed E-state index contributed by atoms with van der Waals surface area (Å²) in [5.74, 6) is 1.36. The number of furan rings is 1. The molecule has 4 aromatic rings. The summed E-state index contributed by atoms with van der Waals surface area (Å²) in [5.41, 5.74) is 2.53. The summed E-state index contributed by atoms with van der Waals surface area (Å²) in [5, 5.41) is 7.58. The molecule has 4 heterocycles. The van der Waals surface area contributed by atoms with Crippen molar-refractivity contribution < 1.29 is 9.21 Å². The molecule has 33 heavy (non-hydrogen) atoms. The zero-order chi connectivity index (χ0) is 22.5. The van der Waals surface area contributed by atoms with Crippen molar-refractivity contribution in [2.75, 3.05) is 37.7 Å². The van der Waals surface area contributed by atoms with Crippen LogP contribution in [0.5, 0.6) is 0 Å². The number of anilines is 1. The van der Waals surface area contributed by atoms with E-state index in [1.54, 1.807) is 23.3 Å². The topological polar surface area (TPSA) is 92.3 Å². The maximum absolute atomic E-state index is 12.4. The zero-order valence-corrected chi connectivity index (χ0v) is 18.2. The Balaban J connectivity index is 1.10. The number of aromatic nitrogens is 4. The highest BCUT2D eigenvalue weighted by Crippen LogP contribution is 2.21. The maximum Gasteiger partial charge on any atom is 0.225 e. The molecule has 1 amide bonds. The van der Waals surface area contributed by atoms with E-state index in [1.165, 1.54) is 0 Å². The second kappa shape index (κ2) is 9.66. The molecule has 5 rings (SSSR count).